The Bertz CT molecular complexity index is 194. The molecule has 0 N–H and O–H groups in total. The molecule has 0 atom stereocenters. The van der Waals surface area contributed by atoms with Gasteiger partial charge in [-0.3, -0.25) is 13.6 Å². The summed E-state index contributed by atoms with van der Waals surface area (Å²) in [6.45, 7) is 7.39. The summed E-state index contributed by atoms with van der Waals surface area (Å²) in [5, 5.41) is 0. The summed E-state index contributed by atoms with van der Waals surface area (Å²) in [7, 11) is -3.42. The predicted molar refractivity (Wildman–Crippen MR) is 61.3 cm³/mol. The first-order valence-corrected chi connectivity index (χ1v) is 7.06. The second kappa shape index (κ2) is 7.64. The van der Waals surface area contributed by atoms with Gasteiger partial charge >= 0.3 is 7.82 Å². The first-order valence-electron chi connectivity index (χ1n) is 5.07. The van der Waals surface area contributed by atoms with Gasteiger partial charge in [-0.05, 0) is 34.1 Å². The summed E-state index contributed by atoms with van der Waals surface area (Å²) in [5.74, 6) is 0.462. The highest BCUT2D eigenvalue weighted by molar-refractivity contribution is 7.48. The Morgan fingerprint density at radius 1 is 1.13 bits per heavy atom. The van der Waals surface area contributed by atoms with Crippen LogP contribution in [0.4, 0.5) is 0 Å². The van der Waals surface area contributed by atoms with Crippen LogP contribution in [-0.2, 0) is 18.1 Å². The second-order valence-electron chi connectivity index (χ2n) is 3.63. The fourth-order valence-corrected chi connectivity index (χ4v) is 2.50. The van der Waals surface area contributed by atoms with E-state index in [-0.39, 0.29) is 18.8 Å². The van der Waals surface area contributed by atoms with Gasteiger partial charge in [0, 0.05) is 5.88 Å². The molecule has 0 bridgehead atoms. The van der Waals surface area contributed by atoms with Crippen molar-refractivity contribution in [2.75, 3.05) is 12.5 Å². The van der Waals surface area contributed by atoms with Gasteiger partial charge in [-0.2, -0.15) is 0 Å². The van der Waals surface area contributed by atoms with Gasteiger partial charge in [-0.1, -0.05) is 0 Å². The number of alkyl halides is 1. The largest absolute Gasteiger partial charge is 0.475 e. The average Bonchev–Trinajstić information content (AvgIpc) is 2.00. The summed E-state index contributed by atoms with van der Waals surface area (Å²) in [6, 6.07) is 0. The highest BCUT2D eigenvalue weighted by Crippen LogP contribution is 2.51. The van der Waals surface area contributed by atoms with E-state index in [1.807, 2.05) is 0 Å². The van der Waals surface area contributed by atoms with Crippen LogP contribution < -0.4 is 0 Å². The summed E-state index contributed by atoms with van der Waals surface area (Å²) in [5.41, 5.74) is 0. The van der Waals surface area contributed by atoms with Crippen LogP contribution in [0.15, 0.2) is 0 Å². The van der Waals surface area contributed by atoms with Gasteiger partial charge in [0.1, 0.15) is 0 Å². The number of hydrogen-bond donors (Lipinski definition) is 0. The molecule has 0 aliphatic rings. The van der Waals surface area contributed by atoms with Crippen LogP contribution in [0, 0.1) is 0 Å². The SMILES string of the molecule is CC(C)OP(=O)(OCCCCl)OC(C)C. The maximum Gasteiger partial charge on any atom is 0.475 e. The summed E-state index contributed by atoms with van der Waals surface area (Å²) in [6.07, 6.45) is 0.213. The van der Waals surface area contributed by atoms with Gasteiger partial charge < -0.3 is 0 Å². The number of phosphoric acid groups is 1. The molecule has 0 saturated heterocycles. The Balaban J connectivity index is 4.21. The van der Waals surface area contributed by atoms with Gasteiger partial charge in [0.25, 0.3) is 0 Å². The zero-order valence-corrected chi connectivity index (χ0v) is 11.4. The molecular formula is C9H20ClO4P. The summed E-state index contributed by atoms with van der Waals surface area (Å²) < 4.78 is 27.4. The lowest BCUT2D eigenvalue weighted by atomic mass is 10.5. The smallest absolute Gasteiger partial charge is 0.287 e. The van der Waals surface area contributed by atoms with Gasteiger partial charge in [-0.25, -0.2) is 4.57 Å². The topological polar surface area (TPSA) is 44.8 Å². The van der Waals surface area contributed by atoms with E-state index in [4.69, 9.17) is 25.2 Å². The highest BCUT2D eigenvalue weighted by atomic mass is 35.5. The molecule has 0 aromatic heterocycles. The van der Waals surface area contributed by atoms with Gasteiger partial charge in [0.2, 0.25) is 0 Å². The summed E-state index contributed by atoms with van der Waals surface area (Å²) in [4.78, 5) is 0. The van der Waals surface area contributed by atoms with E-state index >= 15 is 0 Å². The molecule has 0 rings (SSSR count). The monoisotopic (exact) mass is 258 g/mol. The van der Waals surface area contributed by atoms with Crippen molar-refractivity contribution in [3.63, 3.8) is 0 Å². The zero-order chi connectivity index (χ0) is 11.9. The minimum absolute atomic E-state index is 0.203. The number of rotatable bonds is 8. The Kier molecular flexibility index (Phi) is 7.84. The van der Waals surface area contributed by atoms with Crippen molar-refractivity contribution in [3.05, 3.63) is 0 Å². The van der Waals surface area contributed by atoms with Gasteiger partial charge in [0.05, 0.1) is 18.8 Å². The third-order valence-electron chi connectivity index (χ3n) is 1.21. The highest BCUT2D eigenvalue weighted by Gasteiger charge is 2.29. The minimum Gasteiger partial charge on any atom is -0.287 e. The van der Waals surface area contributed by atoms with Crippen molar-refractivity contribution in [2.24, 2.45) is 0 Å². The van der Waals surface area contributed by atoms with Crippen LogP contribution in [0.5, 0.6) is 0 Å². The van der Waals surface area contributed by atoms with Crippen LogP contribution in [0.2, 0.25) is 0 Å². The lowest BCUT2D eigenvalue weighted by Crippen LogP contribution is -2.10. The average molecular weight is 259 g/mol. The maximum absolute atomic E-state index is 12.0. The number of halogens is 1. The molecule has 0 saturated carbocycles. The van der Waals surface area contributed by atoms with Crippen LogP contribution in [0.3, 0.4) is 0 Å². The fourth-order valence-electron chi connectivity index (χ4n) is 0.833. The molecule has 15 heavy (non-hydrogen) atoms. The normalized spacial score (nSPS) is 12.7. The maximum atomic E-state index is 12.0. The van der Waals surface area contributed by atoms with Crippen molar-refractivity contribution >= 4 is 19.4 Å². The molecule has 4 nitrogen and oxygen atoms in total. The van der Waals surface area contributed by atoms with E-state index in [0.717, 1.165) is 0 Å². The first kappa shape index (κ1) is 15.4. The molecule has 0 aliphatic heterocycles. The van der Waals surface area contributed by atoms with Crippen LogP contribution in [0.25, 0.3) is 0 Å². The van der Waals surface area contributed by atoms with Crippen molar-refractivity contribution in [1.29, 1.82) is 0 Å². The van der Waals surface area contributed by atoms with Crippen molar-refractivity contribution in [2.45, 2.75) is 46.3 Å². The fraction of sp³-hybridized carbons (Fsp3) is 1.00. The number of phosphoric ester groups is 1. The Morgan fingerprint density at radius 3 is 1.93 bits per heavy atom. The van der Waals surface area contributed by atoms with E-state index in [1.165, 1.54) is 0 Å². The second-order valence-corrected chi connectivity index (χ2v) is 5.58. The van der Waals surface area contributed by atoms with Crippen LogP contribution in [-0.4, -0.2) is 24.7 Å². The molecular weight excluding hydrogens is 239 g/mol. The number of hydrogen-bond acceptors (Lipinski definition) is 4. The Morgan fingerprint density at radius 2 is 1.60 bits per heavy atom. The Labute approximate surface area is 96.9 Å². The molecule has 0 aromatic rings. The molecule has 0 unspecified atom stereocenters. The van der Waals surface area contributed by atoms with Crippen molar-refractivity contribution < 1.29 is 18.1 Å². The van der Waals surface area contributed by atoms with Crippen LogP contribution >= 0.6 is 19.4 Å². The van der Waals surface area contributed by atoms with Crippen molar-refractivity contribution in [1.82, 2.24) is 0 Å². The molecule has 6 heteroatoms. The molecule has 92 valence electrons. The summed E-state index contributed by atoms with van der Waals surface area (Å²) >= 11 is 5.49. The van der Waals surface area contributed by atoms with E-state index in [9.17, 15) is 4.57 Å². The molecule has 0 heterocycles. The predicted octanol–water partition coefficient (Wildman–Crippen LogP) is 3.59. The van der Waals surface area contributed by atoms with Gasteiger partial charge in [-0.15, -0.1) is 11.6 Å². The minimum atomic E-state index is -3.42. The van der Waals surface area contributed by atoms with E-state index in [2.05, 4.69) is 0 Å². The van der Waals surface area contributed by atoms with E-state index < -0.39 is 7.82 Å². The molecule has 0 amide bonds. The molecule has 0 radical (unpaired) electrons. The Hall–Kier alpha value is 0.400. The quantitative estimate of drug-likeness (QED) is 0.379. The third-order valence-corrected chi connectivity index (χ3v) is 3.33. The first-order chi connectivity index (χ1) is 6.89. The van der Waals surface area contributed by atoms with E-state index in [0.29, 0.717) is 12.3 Å². The standard InChI is InChI=1S/C9H20ClO4P/c1-8(2)13-15(11,14-9(3)4)12-7-5-6-10/h8-9H,5-7H2,1-4H3. The lowest BCUT2D eigenvalue weighted by molar-refractivity contribution is 0.0724. The van der Waals surface area contributed by atoms with Crippen LogP contribution in [0.1, 0.15) is 34.1 Å². The van der Waals surface area contributed by atoms with Crippen molar-refractivity contribution in [3.8, 4) is 0 Å². The third kappa shape index (κ3) is 8.23. The molecule has 0 aromatic carbocycles. The van der Waals surface area contributed by atoms with E-state index in [1.54, 1.807) is 27.7 Å². The van der Waals surface area contributed by atoms with Gasteiger partial charge in [0.15, 0.2) is 0 Å². The zero-order valence-electron chi connectivity index (χ0n) is 9.73. The molecule has 0 aliphatic carbocycles. The molecule has 0 spiro atoms. The molecule has 0 fully saturated rings. The lowest BCUT2D eigenvalue weighted by Gasteiger charge is -2.21.